The molecule has 1 rings (SSSR count). The van der Waals surface area contributed by atoms with Crippen molar-refractivity contribution in [3.8, 4) is 5.75 Å². The summed E-state index contributed by atoms with van der Waals surface area (Å²) in [6, 6.07) is 5.68. The third-order valence-electron chi connectivity index (χ3n) is 1.73. The summed E-state index contributed by atoms with van der Waals surface area (Å²) in [5.74, 6) is 0.711. The van der Waals surface area contributed by atoms with Crippen LogP contribution in [-0.2, 0) is 0 Å². The van der Waals surface area contributed by atoms with E-state index in [1.807, 2.05) is 18.2 Å². The van der Waals surface area contributed by atoms with E-state index in [2.05, 4.69) is 12.2 Å². The summed E-state index contributed by atoms with van der Waals surface area (Å²) in [7, 11) is 1.62. The second-order valence-corrected chi connectivity index (χ2v) is 3.18. The molecule has 3 heteroatoms. The second-order valence-electron chi connectivity index (χ2n) is 2.78. The number of rotatable bonds is 4. The van der Waals surface area contributed by atoms with Crippen molar-refractivity contribution < 1.29 is 4.74 Å². The first kappa shape index (κ1) is 10.2. The molecule has 0 saturated carbocycles. The monoisotopic (exact) mass is 199 g/mol. The van der Waals surface area contributed by atoms with E-state index in [0.29, 0.717) is 10.8 Å². The zero-order valence-electron chi connectivity index (χ0n) is 7.93. The van der Waals surface area contributed by atoms with Gasteiger partial charge in [0.05, 0.1) is 12.1 Å². The summed E-state index contributed by atoms with van der Waals surface area (Å²) < 4.78 is 5.09. The smallest absolute Gasteiger partial charge is 0.139 e. The molecule has 0 unspecified atom stereocenters. The predicted octanol–water partition coefficient (Wildman–Crippen LogP) is 3.17. The summed E-state index contributed by atoms with van der Waals surface area (Å²) in [6.07, 6.45) is 1.10. The lowest BCUT2D eigenvalue weighted by molar-refractivity contribution is 0.415. The molecule has 0 aliphatic carbocycles. The molecule has 2 nitrogen and oxygen atoms in total. The van der Waals surface area contributed by atoms with Gasteiger partial charge in [-0.05, 0) is 18.6 Å². The van der Waals surface area contributed by atoms with Crippen LogP contribution in [0.5, 0.6) is 5.75 Å². The quantitative estimate of drug-likeness (QED) is 0.805. The lowest BCUT2D eigenvalue weighted by atomic mass is 10.3. The third-order valence-corrected chi connectivity index (χ3v) is 2.04. The second kappa shape index (κ2) is 4.97. The van der Waals surface area contributed by atoms with Crippen molar-refractivity contribution in [2.75, 3.05) is 19.0 Å². The number of hydrogen-bond acceptors (Lipinski definition) is 2. The Labute approximate surface area is 83.9 Å². The first-order chi connectivity index (χ1) is 6.27. The minimum Gasteiger partial charge on any atom is -0.495 e. The number of benzene rings is 1. The maximum Gasteiger partial charge on any atom is 0.139 e. The van der Waals surface area contributed by atoms with Gasteiger partial charge < -0.3 is 10.1 Å². The van der Waals surface area contributed by atoms with E-state index in [0.717, 1.165) is 18.7 Å². The van der Waals surface area contributed by atoms with Gasteiger partial charge in [-0.2, -0.15) is 0 Å². The topological polar surface area (TPSA) is 21.3 Å². The highest BCUT2D eigenvalue weighted by molar-refractivity contribution is 6.32. The van der Waals surface area contributed by atoms with Crippen LogP contribution < -0.4 is 10.1 Å². The Bertz CT molecular complexity index is 276. The average molecular weight is 200 g/mol. The highest BCUT2D eigenvalue weighted by Gasteiger charge is 2.00. The van der Waals surface area contributed by atoms with Gasteiger partial charge >= 0.3 is 0 Å². The van der Waals surface area contributed by atoms with Crippen LogP contribution in [0.4, 0.5) is 5.69 Å². The first-order valence-electron chi connectivity index (χ1n) is 4.35. The zero-order valence-corrected chi connectivity index (χ0v) is 8.69. The van der Waals surface area contributed by atoms with Gasteiger partial charge in [0.2, 0.25) is 0 Å². The van der Waals surface area contributed by atoms with Crippen molar-refractivity contribution >= 4 is 17.3 Å². The molecular formula is C10H14ClNO. The Morgan fingerprint density at radius 1 is 1.46 bits per heavy atom. The fourth-order valence-corrected chi connectivity index (χ4v) is 1.23. The molecule has 13 heavy (non-hydrogen) atoms. The Morgan fingerprint density at radius 3 is 2.85 bits per heavy atom. The Kier molecular flexibility index (Phi) is 3.90. The Hall–Kier alpha value is -0.890. The number of anilines is 1. The van der Waals surface area contributed by atoms with E-state index in [4.69, 9.17) is 16.3 Å². The minimum atomic E-state index is 0.643. The molecule has 1 aromatic carbocycles. The number of ether oxygens (including phenoxy) is 1. The molecule has 1 aromatic rings. The molecule has 0 amide bonds. The van der Waals surface area contributed by atoms with Crippen molar-refractivity contribution in [2.24, 2.45) is 0 Å². The standard InChI is InChI=1S/C10H14ClNO/c1-3-6-12-8-4-5-9(11)10(7-8)13-2/h4-5,7,12H,3,6H2,1-2H3. The fourth-order valence-electron chi connectivity index (χ4n) is 1.04. The van der Waals surface area contributed by atoms with E-state index < -0.39 is 0 Å². The van der Waals surface area contributed by atoms with Crippen molar-refractivity contribution in [3.63, 3.8) is 0 Å². The summed E-state index contributed by atoms with van der Waals surface area (Å²) in [6.45, 7) is 3.09. The van der Waals surface area contributed by atoms with Gasteiger partial charge in [-0.15, -0.1) is 0 Å². The predicted molar refractivity (Wildman–Crippen MR) is 56.8 cm³/mol. The van der Waals surface area contributed by atoms with E-state index in [9.17, 15) is 0 Å². The van der Waals surface area contributed by atoms with Gasteiger partial charge in [0.1, 0.15) is 5.75 Å². The van der Waals surface area contributed by atoms with E-state index in [1.54, 1.807) is 7.11 Å². The molecule has 1 N–H and O–H groups in total. The molecule has 0 atom stereocenters. The maximum atomic E-state index is 5.88. The van der Waals surface area contributed by atoms with E-state index in [1.165, 1.54) is 0 Å². The molecule has 0 saturated heterocycles. The largest absolute Gasteiger partial charge is 0.495 e. The molecule has 0 aliphatic rings. The lowest BCUT2D eigenvalue weighted by Crippen LogP contribution is -1.99. The number of methoxy groups -OCH3 is 1. The highest BCUT2D eigenvalue weighted by Crippen LogP contribution is 2.27. The van der Waals surface area contributed by atoms with Crippen molar-refractivity contribution in [2.45, 2.75) is 13.3 Å². The van der Waals surface area contributed by atoms with Gasteiger partial charge in [0, 0.05) is 18.3 Å². The van der Waals surface area contributed by atoms with Crippen molar-refractivity contribution in [1.29, 1.82) is 0 Å². The van der Waals surface area contributed by atoms with Gasteiger partial charge in [-0.3, -0.25) is 0 Å². The molecule has 0 aliphatic heterocycles. The van der Waals surface area contributed by atoms with Gasteiger partial charge in [-0.1, -0.05) is 18.5 Å². The van der Waals surface area contributed by atoms with Crippen LogP contribution in [-0.4, -0.2) is 13.7 Å². The van der Waals surface area contributed by atoms with Crippen LogP contribution in [0.2, 0.25) is 5.02 Å². The van der Waals surface area contributed by atoms with Crippen LogP contribution in [0.3, 0.4) is 0 Å². The summed E-state index contributed by atoms with van der Waals surface area (Å²) in [4.78, 5) is 0. The van der Waals surface area contributed by atoms with Crippen LogP contribution in [0.15, 0.2) is 18.2 Å². The van der Waals surface area contributed by atoms with Crippen LogP contribution >= 0.6 is 11.6 Å². The highest BCUT2D eigenvalue weighted by atomic mass is 35.5. The van der Waals surface area contributed by atoms with Crippen LogP contribution in [0.1, 0.15) is 13.3 Å². The van der Waals surface area contributed by atoms with E-state index >= 15 is 0 Å². The lowest BCUT2D eigenvalue weighted by Gasteiger charge is -2.07. The Morgan fingerprint density at radius 2 is 2.23 bits per heavy atom. The maximum absolute atomic E-state index is 5.88. The van der Waals surface area contributed by atoms with Gasteiger partial charge in [0.15, 0.2) is 0 Å². The molecule has 0 heterocycles. The number of nitrogens with one attached hydrogen (secondary N) is 1. The Balaban J connectivity index is 2.74. The normalized spacial score (nSPS) is 9.77. The van der Waals surface area contributed by atoms with Crippen molar-refractivity contribution in [3.05, 3.63) is 23.2 Å². The number of hydrogen-bond donors (Lipinski definition) is 1. The molecule has 72 valence electrons. The van der Waals surface area contributed by atoms with E-state index in [-0.39, 0.29) is 0 Å². The molecule has 0 aromatic heterocycles. The zero-order chi connectivity index (χ0) is 9.68. The SMILES string of the molecule is CCCNc1ccc(Cl)c(OC)c1. The minimum absolute atomic E-state index is 0.643. The summed E-state index contributed by atoms with van der Waals surface area (Å²) in [5.41, 5.74) is 1.04. The van der Waals surface area contributed by atoms with Gasteiger partial charge in [0.25, 0.3) is 0 Å². The van der Waals surface area contributed by atoms with Crippen molar-refractivity contribution in [1.82, 2.24) is 0 Å². The molecule has 0 bridgehead atoms. The average Bonchev–Trinajstić information content (AvgIpc) is 2.16. The number of halogens is 1. The molecule has 0 radical (unpaired) electrons. The van der Waals surface area contributed by atoms with Crippen LogP contribution in [0, 0.1) is 0 Å². The molecular weight excluding hydrogens is 186 g/mol. The fraction of sp³-hybridized carbons (Fsp3) is 0.400. The molecule has 0 spiro atoms. The van der Waals surface area contributed by atoms with Gasteiger partial charge in [-0.25, -0.2) is 0 Å². The summed E-state index contributed by atoms with van der Waals surface area (Å²) in [5, 5.41) is 3.90. The molecule has 0 fully saturated rings. The third kappa shape index (κ3) is 2.81. The first-order valence-corrected chi connectivity index (χ1v) is 4.73. The summed E-state index contributed by atoms with van der Waals surface area (Å²) >= 11 is 5.88. The van der Waals surface area contributed by atoms with Crippen LogP contribution in [0.25, 0.3) is 0 Å².